The van der Waals surface area contributed by atoms with E-state index in [1.807, 2.05) is 0 Å². The lowest BCUT2D eigenvalue weighted by Gasteiger charge is -2.34. The summed E-state index contributed by atoms with van der Waals surface area (Å²) in [5, 5.41) is 3.28. The lowest BCUT2D eigenvalue weighted by molar-refractivity contribution is 0.00616. The summed E-state index contributed by atoms with van der Waals surface area (Å²) >= 11 is 0. The third-order valence-corrected chi connectivity index (χ3v) is 3.17. The first-order valence-corrected chi connectivity index (χ1v) is 5.96. The van der Waals surface area contributed by atoms with E-state index in [4.69, 9.17) is 4.74 Å². The molecule has 0 aliphatic heterocycles. The van der Waals surface area contributed by atoms with Crippen molar-refractivity contribution in [2.45, 2.75) is 52.6 Å². The van der Waals surface area contributed by atoms with Crippen molar-refractivity contribution in [1.82, 2.24) is 5.32 Å². The molecule has 2 heteroatoms. The second-order valence-corrected chi connectivity index (χ2v) is 5.09. The van der Waals surface area contributed by atoms with Gasteiger partial charge < -0.3 is 10.1 Å². The molecule has 0 amide bonds. The van der Waals surface area contributed by atoms with Crippen LogP contribution in [0, 0.1) is 5.41 Å². The van der Waals surface area contributed by atoms with Crippen LogP contribution in [-0.4, -0.2) is 25.8 Å². The van der Waals surface area contributed by atoms with E-state index in [0.29, 0.717) is 11.5 Å². The molecule has 0 heterocycles. The molecule has 1 rings (SSSR count). The van der Waals surface area contributed by atoms with Crippen molar-refractivity contribution < 1.29 is 4.74 Å². The van der Waals surface area contributed by atoms with Crippen molar-refractivity contribution >= 4 is 0 Å². The molecular formula is C12H25NO. The summed E-state index contributed by atoms with van der Waals surface area (Å²) in [6.07, 6.45) is 5.66. The minimum absolute atomic E-state index is 0.529. The second-order valence-electron chi connectivity index (χ2n) is 5.09. The molecule has 0 saturated heterocycles. The minimum atomic E-state index is 0.529. The molecule has 2 nitrogen and oxygen atoms in total. The smallest absolute Gasteiger partial charge is 0.0594 e. The van der Waals surface area contributed by atoms with E-state index in [-0.39, 0.29) is 0 Å². The van der Waals surface area contributed by atoms with Gasteiger partial charge in [0.25, 0.3) is 0 Å². The molecule has 0 spiro atoms. The van der Waals surface area contributed by atoms with Gasteiger partial charge in [0.1, 0.15) is 0 Å². The van der Waals surface area contributed by atoms with Crippen LogP contribution in [0.1, 0.15) is 46.5 Å². The summed E-state index contributed by atoms with van der Waals surface area (Å²) in [7, 11) is 0. The average Bonchev–Trinajstić information content (AvgIpc) is 2.15. The van der Waals surface area contributed by atoms with Crippen LogP contribution in [0.4, 0.5) is 0 Å². The molecule has 0 bridgehead atoms. The molecule has 84 valence electrons. The summed E-state index contributed by atoms with van der Waals surface area (Å²) in [5.41, 5.74) is 0.557. The van der Waals surface area contributed by atoms with Gasteiger partial charge in [-0.2, -0.15) is 0 Å². The molecule has 14 heavy (non-hydrogen) atoms. The Morgan fingerprint density at radius 1 is 1.29 bits per heavy atom. The van der Waals surface area contributed by atoms with Gasteiger partial charge in [0.2, 0.25) is 0 Å². The molecular weight excluding hydrogens is 174 g/mol. The zero-order valence-electron chi connectivity index (χ0n) is 9.94. The third kappa shape index (κ3) is 4.43. The first kappa shape index (κ1) is 12.0. The Hall–Kier alpha value is -0.0800. The summed E-state index contributed by atoms with van der Waals surface area (Å²) in [5.74, 6) is 0. The normalized spacial score (nSPS) is 22.5. The molecule has 0 unspecified atom stereocenters. The van der Waals surface area contributed by atoms with Crippen molar-refractivity contribution in [3.05, 3.63) is 0 Å². The number of likely N-dealkylation sites (N-methyl/N-ethyl adjacent to an activating group) is 1. The molecule has 0 aromatic heterocycles. The van der Waals surface area contributed by atoms with E-state index >= 15 is 0 Å². The van der Waals surface area contributed by atoms with Crippen molar-refractivity contribution in [3.8, 4) is 0 Å². The van der Waals surface area contributed by atoms with Gasteiger partial charge in [-0.05, 0) is 37.6 Å². The van der Waals surface area contributed by atoms with E-state index in [1.54, 1.807) is 0 Å². The summed E-state index contributed by atoms with van der Waals surface area (Å²) < 4.78 is 5.82. The lowest BCUT2D eigenvalue weighted by atomic mass is 9.76. The first-order chi connectivity index (χ1) is 6.64. The van der Waals surface area contributed by atoms with Crippen LogP contribution in [-0.2, 0) is 4.74 Å². The molecule has 0 atom stereocenters. The van der Waals surface area contributed by atoms with Gasteiger partial charge >= 0.3 is 0 Å². The summed E-state index contributed by atoms with van der Waals surface area (Å²) in [6, 6.07) is 0. The molecule has 1 aliphatic carbocycles. The molecule has 1 N–H and O–H groups in total. The third-order valence-electron chi connectivity index (χ3n) is 3.17. The van der Waals surface area contributed by atoms with Crippen LogP contribution in [0.2, 0.25) is 0 Å². The van der Waals surface area contributed by atoms with E-state index in [0.717, 1.165) is 19.7 Å². The largest absolute Gasteiger partial charge is 0.377 e. The highest BCUT2D eigenvalue weighted by Crippen LogP contribution is 2.35. The summed E-state index contributed by atoms with van der Waals surface area (Å²) in [4.78, 5) is 0. The standard InChI is InChI=1S/C12H25NO/c1-4-13-9-10-14-11-5-7-12(2,3)8-6-11/h11,13H,4-10H2,1-3H3. The number of hydrogen-bond acceptors (Lipinski definition) is 2. The van der Waals surface area contributed by atoms with Gasteiger partial charge in [-0.15, -0.1) is 0 Å². The van der Waals surface area contributed by atoms with Crippen LogP contribution < -0.4 is 5.32 Å². The summed E-state index contributed by atoms with van der Waals surface area (Å²) in [6.45, 7) is 9.77. The Bertz CT molecular complexity index is 146. The maximum absolute atomic E-state index is 5.82. The van der Waals surface area contributed by atoms with Crippen LogP contribution in [0.25, 0.3) is 0 Å². The van der Waals surface area contributed by atoms with Gasteiger partial charge in [0.05, 0.1) is 12.7 Å². The topological polar surface area (TPSA) is 21.3 Å². The van der Waals surface area contributed by atoms with Crippen LogP contribution in [0.15, 0.2) is 0 Å². The maximum Gasteiger partial charge on any atom is 0.0594 e. The highest BCUT2D eigenvalue weighted by Gasteiger charge is 2.26. The van der Waals surface area contributed by atoms with Crippen molar-refractivity contribution in [2.75, 3.05) is 19.7 Å². The van der Waals surface area contributed by atoms with Gasteiger partial charge in [-0.3, -0.25) is 0 Å². The first-order valence-electron chi connectivity index (χ1n) is 5.96. The second kappa shape index (κ2) is 5.72. The van der Waals surface area contributed by atoms with Crippen molar-refractivity contribution in [3.63, 3.8) is 0 Å². The zero-order valence-corrected chi connectivity index (χ0v) is 9.94. The van der Waals surface area contributed by atoms with E-state index in [2.05, 4.69) is 26.1 Å². The van der Waals surface area contributed by atoms with Gasteiger partial charge in [0.15, 0.2) is 0 Å². The molecule has 0 aromatic rings. The average molecular weight is 199 g/mol. The predicted molar refractivity (Wildman–Crippen MR) is 60.5 cm³/mol. The van der Waals surface area contributed by atoms with Crippen LogP contribution in [0.3, 0.4) is 0 Å². The quantitative estimate of drug-likeness (QED) is 0.687. The Morgan fingerprint density at radius 2 is 1.93 bits per heavy atom. The van der Waals surface area contributed by atoms with Crippen LogP contribution >= 0.6 is 0 Å². The zero-order chi connectivity index (χ0) is 10.4. The van der Waals surface area contributed by atoms with Gasteiger partial charge in [0, 0.05) is 6.54 Å². The highest BCUT2D eigenvalue weighted by molar-refractivity contribution is 4.78. The molecule has 1 aliphatic rings. The van der Waals surface area contributed by atoms with Gasteiger partial charge in [-0.1, -0.05) is 20.8 Å². The maximum atomic E-state index is 5.82. The number of hydrogen-bond donors (Lipinski definition) is 1. The van der Waals surface area contributed by atoms with Crippen molar-refractivity contribution in [1.29, 1.82) is 0 Å². The lowest BCUT2D eigenvalue weighted by Crippen LogP contribution is -2.29. The predicted octanol–water partition coefficient (Wildman–Crippen LogP) is 2.58. The van der Waals surface area contributed by atoms with E-state index < -0.39 is 0 Å². The number of ether oxygens (including phenoxy) is 1. The highest BCUT2D eigenvalue weighted by atomic mass is 16.5. The van der Waals surface area contributed by atoms with E-state index in [9.17, 15) is 0 Å². The Morgan fingerprint density at radius 3 is 2.50 bits per heavy atom. The Labute approximate surface area is 88.4 Å². The van der Waals surface area contributed by atoms with Crippen molar-refractivity contribution in [2.24, 2.45) is 5.41 Å². The molecule has 1 fully saturated rings. The molecule has 0 aromatic carbocycles. The number of nitrogens with one attached hydrogen (secondary N) is 1. The van der Waals surface area contributed by atoms with Gasteiger partial charge in [-0.25, -0.2) is 0 Å². The number of rotatable bonds is 5. The van der Waals surface area contributed by atoms with Crippen LogP contribution in [0.5, 0.6) is 0 Å². The Balaban J connectivity index is 2.04. The fourth-order valence-electron chi connectivity index (χ4n) is 2.01. The molecule has 0 radical (unpaired) electrons. The monoisotopic (exact) mass is 199 g/mol. The Kier molecular flexibility index (Phi) is 4.90. The molecule has 1 saturated carbocycles. The fourth-order valence-corrected chi connectivity index (χ4v) is 2.01. The minimum Gasteiger partial charge on any atom is -0.377 e. The SMILES string of the molecule is CCNCCOC1CCC(C)(C)CC1. The fraction of sp³-hybridized carbons (Fsp3) is 1.00. The van der Waals surface area contributed by atoms with E-state index in [1.165, 1.54) is 25.7 Å².